The average molecular weight is 199 g/mol. The quantitative estimate of drug-likeness (QED) is 0.668. The highest BCUT2D eigenvalue weighted by Gasteiger charge is 2.33. The van der Waals surface area contributed by atoms with E-state index in [1.54, 1.807) is 7.11 Å². The highest BCUT2D eigenvalue weighted by Crippen LogP contribution is 2.37. The zero-order valence-corrected chi connectivity index (χ0v) is 9.72. The van der Waals surface area contributed by atoms with E-state index in [1.807, 2.05) is 0 Å². The van der Waals surface area contributed by atoms with Gasteiger partial charge in [-0.3, -0.25) is 0 Å². The first-order chi connectivity index (χ1) is 6.70. The fourth-order valence-electron chi connectivity index (χ4n) is 2.57. The van der Waals surface area contributed by atoms with Gasteiger partial charge in [0, 0.05) is 19.3 Å². The number of hydrogen-bond donors (Lipinski definition) is 1. The molecule has 0 amide bonds. The van der Waals surface area contributed by atoms with Gasteiger partial charge in [0.15, 0.2) is 0 Å². The molecule has 0 aromatic rings. The molecule has 0 spiro atoms. The fourth-order valence-corrected chi connectivity index (χ4v) is 2.57. The van der Waals surface area contributed by atoms with Crippen LogP contribution in [0.4, 0.5) is 0 Å². The molecule has 1 fully saturated rings. The Morgan fingerprint density at radius 1 is 1.43 bits per heavy atom. The van der Waals surface area contributed by atoms with Crippen molar-refractivity contribution >= 4 is 0 Å². The molecule has 0 aromatic heterocycles. The van der Waals surface area contributed by atoms with Gasteiger partial charge in [-0.15, -0.1) is 0 Å². The van der Waals surface area contributed by atoms with E-state index in [1.165, 1.54) is 38.5 Å². The summed E-state index contributed by atoms with van der Waals surface area (Å²) in [5.74, 6) is 0.891. The lowest BCUT2D eigenvalue weighted by Gasteiger charge is -2.24. The Morgan fingerprint density at radius 3 is 2.79 bits per heavy atom. The Hall–Kier alpha value is -0.0800. The molecule has 2 nitrogen and oxygen atoms in total. The van der Waals surface area contributed by atoms with Gasteiger partial charge < -0.3 is 10.5 Å². The van der Waals surface area contributed by atoms with Crippen LogP contribution in [0.3, 0.4) is 0 Å². The molecule has 2 N–H and O–H groups in total. The zero-order chi connectivity index (χ0) is 10.4. The number of hydrogen-bond acceptors (Lipinski definition) is 2. The average Bonchev–Trinajstić information content (AvgIpc) is 2.56. The maximum atomic E-state index is 6.37. The molecule has 1 aliphatic rings. The first kappa shape index (κ1) is 12.0. The van der Waals surface area contributed by atoms with E-state index in [-0.39, 0.29) is 5.54 Å². The van der Waals surface area contributed by atoms with E-state index in [2.05, 4.69) is 6.92 Å². The normalized spacial score (nSPS) is 32.4. The van der Waals surface area contributed by atoms with Gasteiger partial charge in [-0.05, 0) is 44.4 Å². The van der Waals surface area contributed by atoms with E-state index in [4.69, 9.17) is 10.5 Å². The van der Waals surface area contributed by atoms with Crippen LogP contribution >= 0.6 is 0 Å². The Kier molecular flexibility index (Phi) is 4.90. The maximum absolute atomic E-state index is 6.37. The van der Waals surface area contributed by atoms with Gasteiger partial charge in [0.2, 0.25) is 0 Å². The van der Waals surface area contributed by atoms with Crippen molar-refractivity contribution in [2.75, 3.05) is 13.7 Å². The van der Waals surface area contributed by atoms with Gasteiger partial charge in [-0.25, -0.2) is 0 Å². The first-order valence-corrected chi connectivity index (χ1v) is 5.98. The van der Waals surface area contributed by atoms with E-state index >= 15 is 0 Å². The van der Waals surface area contributed by atoms with Crippen LogP contribution in [-0.2, 0) is 4.74 Å². The van der Waals surface area contributed by atoms with Crippen molar-refractivity contribution in [1.82, 2.24) is 0 Å². The molecule has 0 aliphatic heterocycles. The SMILES string of the molecule is CCC1CCC(N)(CCCCOC)C1. The van der Waals surface area contributed by atoms with Crippen molar-refractivity contribution in [3.63, 3.8) is 0 Å². The van der Waals surface area contributed by atoms with Gasteiger partial charge in [-0.1, -0.05) is 13.3 Å². The Balaban J connectivity index is 2.16. The van der Waals surface area contributed by atoms with E-state index in [0.717, 1.165) is 18.9 Å². The summed E-state index contributed by atoms with van der Waals surface area (Å²) in [7, 11) is 1.76. The summed E-state index contributed by atoms with van der Waals surface area (Å²) >= 11 is 0. The number of methoxy groups -OCH3 is 1. The minimum absolute atomic E-state index is 0.161. The molecule has 2 heteroatoms. The minimum atomic E-state index is 0.161. The van der Waals surface area contributed by atoms with Gasteiger partial charge in [-0.2, -0.15) is 0 Å². The molecule has 0 aromatic carbocycles. The van der Waals surface area contributed by atoms with Crippen molar-refractivity contribution < 1.29 is 4.74 Å². The third-order valence-electron chi connectivity index (χ3n) is 3.60. The van der Waals surface area contributed by atoms with E-state index < -0.39 is 0 Å². The molecule has 14 heavy (non-hydrogen) atoms. The highest BCUT2D eigenvalue weighted by molar-refractivity contribution is 4.92. The van der Waals surface area contributed by atoms with Crippen molar-refractivity contribution in [2.45, 2.75) is 57.4 Å². The van der Waals surface area contributed by atoms with Crippen LogP contribution in [0.15, 0.2) is 0 Å². The Morgan fingerprint density at radius 2 is 2.21 bits per heavy atom. The second kappa shape index (κ2) is 5.72. The van der Waals surface area contributed by atoms with Gasteiger partial charge in [0.25, 0.3) is 0 Å². The Labute approximate surface area is 88.2 Å². The predicted molar refractivity (Wildman–Crippen MR) is 60.3 cm³/mol. The molecule has 2 atom stereocenters. The van der Waals surface area contributed by atoms with Crippen LogP contribution in [0.1, 0.15) is 51.9 Å². The summed E-state index contributed by atoms with van der Waals surface area (Å²) in [5.41, 5.74) is 6.53. The molecule has 1 saturated carbocycles. The smallest absolute Gasteiger partial charge is 0.0462 e. The summed E-state index contributed by atoms with van der Waals surface area (Å²) in [6.07, 6.45) is 8.70. The molecule has 84 valence electrons. The van der Waals surface area contributed by atoms with Crippen LogP contribution in [0, 0.1) is 5.92 Å². The number of unbranched alkanes of at least 4 members (excludes halogenated alkanes) is 1. The summed E-state index contributed by atoms with van der Waals surface area (Å²) in [5, 5.41) is 0. The third kappa shape index (κ3) is 3.58. The summed E-state index contributed by atoms with van der Waals surface area (Å²) < 4.78 is 5.04. The van der Waals surface area contributed by atoms with Gasteiger partial charge in [0.05, 0.1) is 0 Å². The van der Waals surface area contributed by atoms with Crippen LogP contribution in [0.25, 0.3) is 0 Å². The van der Waals surface area contributed by atoms with Crippen molar-refractivity contribution in [1.29, 1.82) is 0 Å². The maximum Gasteiger partial charge on any atom is 0.0462 e. The second-order valence-electron chi connectivity index (χ2n) is 4.83. The third-order valence-corrected chi connectivity index (χ3v) is 3.60. The van der Waals surface area contributed by atoms with E-state index in [9.17, 15) is 0 Å². The van der Waals surface area contributed by atoms with Crippen LogP contribution in [0.5, 0.6) is 0 Å². The lowest BCUT2D eigenvalue weighted by molar-refractivity contribution is 0.188. The van der Waals surface area contributed by atoms with E-state index in [0.29, 0.717) is 0 Å². The molecule has 0 heterocycles. The lowest BCUT2D eigenvalue weighted by Crippen LogP contribution is -2.36. The molecule has 0 bridgehead atoms. The van der Waals surface area contributed by atoms with Crippen LogP contribution < -0.4 is 5.73 Å². The summed E-state index contributed by atoms with van der Waals surface area (Å²) in [6.45, 7) is 3.16. The number of ether oxygens (including phenoxy) is 1. The molecule has 1 rings (SSSR count). The van der Waals surface area contributed by atoms with Crippen molar-refractivity contribution in [3.05, 3.63) is 0 Å². The topological polar surface area (TPSA) is 35.2 Å². The predicted octanol–water partition coefficient (Wildman–Crippen LogP) is 2.71. The molecule has 0 radical (unpaired) electrons. The monoisotopic (exact) mass is 199 g/mol. The first-order valence-electron chi connectivity index (χ1n) is 5.98. The molecular weight excluding hydrogens is 174 g/mol. The minimum Gasteiger partial charge on any atom is -0.385 e. The van der Waals surface area contributed by atoms with Crippen LogP contribution in [0.2, 0.25) is 0 Å². The van der Waals surface area contributed by atoms with Crippen molar-refractivity contribution in [3.8, 4) is 0 Å². The lowest BCUT2D eigenvalue weighted by atomic mass is 9.90. The zero-order valence-electron chi connectivity index (χ0n) is 9.72. The second-order valence-corrected chi connectivity index (χ2v) is 4.83. The Bertz CT molecular complexity index is 160. The van der Waals surface area contributed by atoms with Crippen LogP contribution in [-0.4, -0.2) is 19.3 Å². The number of rotatable bonds is 6. The standard InChI is InChI=1S/C12H25NO/c1-3-11-6-8-12(13,10-11)7-4-5-9-14-2/h11H,3-10,13H2,1-2H3. The highest BCUT2D eigenvalue weighted by atomic mass is 16.5. The van der Waals surface area contributed by atoms with Crippen molar-refractivity contribution in [2.24, 2.45) is 11.7 Å². The largest absolute Gasteiger partial charge is 0.385 e. The molecule has 2 unspecified atom stereocenters. The summed E-state index contributed by atoms with van der Waals surface area (Å²) in [6, 6.07) is 0. The van der Waals surface area contributed by atoms with Gasteiger partial charge >= 0.3 is 0 Å². The fraction of sp³-hybridized carbons (Fsp3) is 1.00. The molecule has 0 saturated heterocycles. The number of nitrogens with two attached hydrogens (primary N) is 1. The van der Waals surface area contributed by atoms with Gasteiger partial charge in [0.1, 0.15) is 0 Å². The molecule has 1 aliphatic carbocycles. The summed E-state index contributed by atoms with van der Waals surface area (Å²) in [4.78, 5) is 0. The molecular formula is C12H25NO.